The molecule has 1 N–H and O–H groups in total. The van der Waals surface area contributed by atoms with Gasteiger partial charge in [-0.2, -0.15) is 15.3 Å². The largest absolute Gasteiger partial charge is 0.302 e. The summed E-state index contributed by atoms with van der Waals surface area (Å²) in [5, 5.41) is 16.5. The molecule has 0 aliphatic carbocycles. The molecular weight excluding hydrogens is 444 g/mol. The quantitative estimate of drug-likeness (QED) is 0.467. The summed E-state index contributed by atoms with van der Waals surface area (Å²) >= 11 is 12.4. The maximum atomic E-state index is 13.1. The molecule has 160 valence electrons. The lowest BCUT2D eigenvalue weighted by molar-refractivity contribution is 0.102. The standard InChI is InChI=1S/C20H18Cl2FN7O/c1-12-18(22)13(2)30(25-12)11-28-8-7-17(26-28)20(31)24-19-16(21)10-29(27-19)9-14-3-5-15(23)6-4-14/h3-8,10H,9,11H2,1-2H3,(H,24,27,31). The second kappa shape index (κ2) is 8.52. The van der Waals surface area contributed by atoms with Gasteiger partial charge in [-0.15, -0.1) is 0 Å². The Bertz CT molecular complexity index is 1240. The van der Waals surface area contributed by atoms with E-state index in [1.165, 1.54) is 12.1 Å². The van der Waals surface area contributed by atoms with Crippen molar-refractivity contribution in [1.82, 2.24) is 29.3 Å². The topological polar surface area (TPSA) is 82.6 Å². The molecule has 0 aliphatic rings. The highest BCUT2D eigenvalue weighted by molar-refractivity contribution is 6.33. The molecule has 1 aromatic carbocycles. The third-order valence-electron chi connectivity index (χ3n) is 4.65. The van der Waals surface area contributed by atoms with Crippen LogP contribution in [-0.4, -0.2) is 35.2 Å². The summed E-state index contributed by atoms with van der Waals surface area (Å²) < 4.78 is 17.9. The summed E-state index contributed by atoms with van der Waals surface area (Å²) in [4.78, 5) is 12.6. The van der Waals surface area contributed by atoms with Crippen molar-refractivity contribution in [1.29, 1.82) is 0 Å². The molecule has 0 bridgehead atoms. The van der Waals surface area contributed by atoms with Crippen LogP contribution in [0.15, 0.2) is 42.7 Å². The Balaban J connectivity index is 1.43. The van der Waals surface area contributed by atoms with E-state index in [1.807, 2.05) is 13.8 Å². The van der Waals surface area contributed by atoms with Gasteiger partial charge in [0.2, 0.25) is 0 Å². The highest BCUT2D eigenvalue weighted by Gasteiger charge is 2.16. The van der Waals surface area contributed by atoms with E-state index in [0.717, 1.165) is 17.0 Å². The van der Waals surface area contributed by atoms with Crippen molar-refractivity contribution >= 4 is 34.9 Å². The lowest BCUT2D eigenvalue weighted by atomic mass is 10.2. The first-order chi connectivity index (χ1) is 14.8. The molecule has 4 aromatic rings. The number of anilines is 1. The Kier molecular flexibility index (Phi) is 5.79. The Labute approximate surface area is 187 Å². The maximum absolute atomic E-state index is 13.1. The molecule has 0 aliphatic heterocycles. The van der Waals surface area contributed by atoms with Crippen LogP contribution in [0.2, 0.25) is 10.0 Å². The fraction of sp³-hybridized carbons (Fsp3) is 0.200. The Hall–Kier alpha value is -3.17. The molecule has 11 heteroatoms. The molecule has 0 saturated carbocycles. The summed E-state index contributed by atoms with van der Waals surface area (Å²) in [7, 11) is 0. The lowest BCUT2D eigenvalue weighted by Gasteiger charge is -2.04. The highest BCUT2D eigenvalue weighted by Crippen LogP contribution is 2.21. The zero-order chi connectivity index (χ0) is 22.1. The van der Waals surface area contributed by atoms with Gasteiger partial charge in [0.05, 0.1) is 23.0 Å². The average Bonchev–Trinajstić information content (AvgIpc) is 3.40. The first-order valence-electron chi connectivity index (χ1n) is 9.32. The Morgan fingerprint density at radius 1 is 1.06 bits per heavy atom. The van der Waals surface area contributed by atoms with Gasteiger partial charge in [0.15, 0.2) is 11.5 Å². The van der Waals surface area contributed by atoms with E-state index in [9.17, 15) is 9.18 Å². The second-order valence-corrected chi connectivity index (χ2v) is 7.76. The molecule has 0 radical (unpaired) electrons. The minimum atomic E-state index is -0.445. The number of aryl methyl sites for hydroxylation is 1. The van der Waals surface area contributed by atoms with Crippen LogP contribution in [0, 0.1) is 19.7 Å². The number of carbonyl (C=O) groups excluding carboxylic acids is 1. The molecule has 1 amide bonds. The van der Waals surface area contributed by atoms with Gasteiger partial charge in [0.25, 0.3) is 5.91 Å². The van der Waals surface area contributed by atoms with E-state index in [0.29, 0.717) is 18.2 Å². The molecule has 0 spiro atoms. The molecule has 0 saturated heterocycles. The maximum Gasteiger partial charge on any atom is 0.277 e. The van der Waals surface area contributed by atoms with E-state index in [1.54, 1.807) is 44.6 Å². The van der Waals surface area contributed by atoms with E-state index in [2.05, 4.69) is 20.6 Å². The zero-order valence-electron chi connectivity index (χ0n) is 16.7. The van der Waals surface area contributed by atoms with Crippen LogP contribution in [0.25, 0.3) is 0 Å². The number of amides is 1. The fourth-order valence-electron chi connectivity index (χ4n) is 3.02. The highest BCUT2D eigenvalue weighted by atomic mass is 35.5. The Morgan fingerprint density at radius 2 is 1.81 bits per heavy atom. The average molecular weight is 462 g/mol. The first kappa shape index (κ1) is 21.1. The van der Waals surface area contributed by atoms with Crippen molar-refractivity contribution in [3.05, 3.63) is 81.2 Å². The van der Waals surface area contributed by atoms with E-state index in [-0.39, 0.29) is 22.4 Å². The summed E-state index contributed by atoms with van der Waals surface area (Å²) in [5.41, 5.74) is 2.60. The number of hydrogen-bond acceptors (Lipinski definition) is 4. The van der Waals surface area contributed by atoms with Gasteiger partial charge < -0.3 is 5.32 Å². The van der Waals surface area contributed by atoms with E-state index >= 15 is 0 Å². The van der Waals surface area contributed by atoms with Crippen LogP contribution in [0.3, 0.4) is 0 Å². The van der Waals surface area contributed by atoms with Gasteiger partial charge in [-0.3, -0.25) is 14.2 Å². The number of hydrogen-bond donors (Lipinski definition) is 1. The molecule has 0 unspecified atom stereocenters. The van der Waals surface area contributed by atoms with Gasteiger partial charge in [-0.05, 0) is 37.6 Å². The van der Waals surface area contributed by atoms with Crippen molar-refractivity contribution < 1.29 is 9.18 Å². The molecule has 3 heterocycles. The normalized spacial score (nSPS) is 11.1. The summed E-state index contributed by atoms with van der Waals surface area (Å²) in [6.45, 7) is 4.39. The molecular formula is C20H18Cl2FN7O. The van der Waals surface area contributed by atoms with Crippen LogP contribution in [0.5, 0.6) is 0 Å². The Morgan fingerprint density at radius 3 is 2.48 bits per heavy atom. The number of carbonyl (C=O) groups is 1. The van der Waals surface area contributed by atoms with Crippen molar-refractivity contribution in [3.8, 4) is 0 Å². The number of rotatable bonds is 6. The minimum absolute atomic E-state index is 0.205. The summed E-state index contributed by atoms with van der Waals surface area (Å²) in [6.07, 6.45) is 3.26. The number of aromatic nitrogens is 6. The predicted molar refractivity (Wildman–Crippen MR) is 115 cm³/mol. The molecule has 8 nitrogen and oxygen atoms in total. The number of halogens is 3. The van der Waals surface area contributed by atoms with Crippen LogP contribution < -0.4 is 5.32 Å². The predicted octanol–water partition coefficient (Wildman–Crippen LogP) is 4.15. The molecule has 4 rings (SSSR count). The van der Waals surface area contributed by atoms with Crippen LogP contribution >= 0.6 is 23.2 Å². The van der Waals surface area contributed by atoms with Crippen molar-refractivity contribution in [2.75, 3.05) is 5.32 Å². The summed E-state index contributed by atoms with van der Waals surface area (Å²) in [6, 6.07) is 7.66. The van der Waals surface area contributed by atoms with Gasteiger partial charge >= 0.3 is 0 Å². The van der Waals surface area contributed by atoms with Crippen molar-refractivity contribution in [3.63, 3.8) is 0 Å². The van der Waals surface area contributed by atoms with E-state index in [4.69, 9.17) is 23.2 Å². The molecule has 0 fully saturated rings. The summed E-state index contributed by atoms with van der Waals surface area (Å²) in [5.74, 6) is -0.539. The first-order valence-corrected chi connectivity index (χ1v) is 10.1. The fourth-order valence-corrected chi connectivity index (χ4v) is 3.36. The number of benzene rings is 1. The third kappa shape index (κ3) is 4.62. The van der Waals surface area contributed by atoms with Crippen LogP contribution in [0.1, 0.15) is 27.4 Å². The number of nitrogens with one attached hydrogen (secondary N) is 1. The van der Waals surface area contributed by atoms with Crippen LogP contribution in [-0.2, 0) is 13.2 Å². The number of nitrogens with zero attached hydrogens (tertiary/aromatic N) is 6. The monoisotopic (exact) mass is 461 g/mol. The van der Waals surface area contributed by atoms with Crippen molar-refractivity contribution in [2.24, 2.45) is 0 Å². The van der Waals surface area contributed by atoms with Gasteiger partial charge in [-0.25, -0.2) is 9.07 Å². The molecule has 0 atom stereocenters. The zero-order valence-corrected chi connectivity index (χ0v) is 18.2. The lowest BCUT2D eigenvalue weighted by Crippen LogP contribution is -2.16. The van der Waals surface area contributed by atoms with Gasteiger partial charge in [0, 0.05) is 12.4 Å². The van der Waals surface area contributed by atoms with Crippen molar-refractivity contribution in [2.45, 2.75) is 27.1 Å². The van der Waals surface area contributed by atoms with E-state index < -0.39 is 5.91 Å². The molecule has 3 aromatic heterocycles. The SMILES string of the molecule is Cc1nn(Cn2ccc(C(=O)Nc3nn(Cc4ccc(F)cc4)cc3Cl)n2)c(C)c1Cl. The minimum Gasteiger partial charge on any atom is -0.302 e. The van der Waals surface area contributed by atoms with Gasteiger partial charge in [-0.1, -0.05) is 35.3 Å². The molecule has 31 heavy (non-hydrogen) atoms. The third-order valence-corrected chi connectivity index (χ3v) is 5.48. The smallest absolute Gasteiger partial charge is 0.277 e. The van der Waals surface area contributed by atoms with Gasteiger partial charge in [0.1, 0.15) is 17.5 Å². The second-order valence-electron chi connectivity index (χ2n) is 6.97. The van der Waals surface area contributed by atoms with Crippen LogP contribution in [0.4, 0.5) is 10.2 Å².